The number of rotatable bonds is 8. The highest BCUT2D eigenvalue weighted by Crippen LogP contribution is 2.33. The minimum atomic E-state index is -4.80. The number of aryl methyl sites for hydroxylation is 2. The third-order valence-electron chi connectivity index (χ3n) is 7.26. The number of carbonyl (C=O) groups is 1. The van der Waals surface area contributed by atoms with Crippen LogP contribution >= 0.6 is 11.8 Å². The molecule has 1 aromatic heterocycles. The van der Waals surface area contributed by atoms with Crippen molar-refractivity contribution in [2.24, 2.45) is 4.99 Å². The van der Waals surface area contributed by atoms with Crippen LogP contribution < -0.4 is 15.0 Å². The molecule has 1 aliphatic rings. The van der Waals surface area contributed by atoms with Crippen molar-refractivity contribution >= 4 is 34.5 Å². The van der Waals surface area contributed by atoms with Crippen LogP contribution in [0, 0.1) is 6.92 Å². The Morgan fingerprint density at radius 2 is 1.81 bits per heavy atom. The first-order valence-corrected chi connectivity index (χ1v) is 15.8. The van der Waals surface area contributed by atoms with Gasteiger partial charge in [0.15, 0.2) is 16.8 Å². The predicted molar refractivity (Wildman–Crippen MR) is 173 cm³/mol. The van der Waals surface area contributed by atoms with Crippen LogP contribution in [-0.4, -0.2) is 44.1 Å². The molecule has 5 rings (SSSR count). The van der Waals surface area contributed by atoms with Gasteiger partial charge in [-0.1, -0.05) is 61.5 Å². The lowest BCUT2D eigenvalue weighted by Gasteiger charge is -2.37. The number of carbonyl (C=O) groups excluding carboxylic acids is 1. The first-order valence-electron chi connectivity index (χ1n) is 14.8. The van der Waals surface area contributed by atoms with Gasteiger partial charge in [0.1, 0.15) is 12.1 Å². The minimum absolute atomic E-state index is 0.0511. The first-order chi connectivity index (χ1) is 22.4. The summed E-state index contributed by atoms with van der Waals surface area (Å²) in [5.74, 6) is -2.17. The number of amidine groups is 1. The molecule has 47 heavy (non-hydrogen) atoms. The van der Waals surface area contributed by atoms with E-state index in [0.717, 1.165) is 54.0 Å². The molecule has 2 heterocycles. The summed E-state index contributed by atoms with van der Waals surface area (Å²) in [5.41, 5.74) is 3.89. The summed E-state index contributed by atoms with van der Waals surface area (Å²) in [6, 6.07) is 15.8. The van der Waals surface area contributed by atoms with Crippen molar-refractivity contribution in [1.82, 2.24) is 20.1 Å². The van der Waals surface area contributed by atoms with Gasteiger partial charge in [0.25, 0.3) is 0 Å². The molecule has 1 aliphatic heterocycles. The van der Waals surface area contributed by atoms with Gasteiger partial charge in [0.2, 0.25) is 5.95 Å². The normalized spacial score (nSPS) is 16.6. The van der Waals surface area contributed by atoms with E-state index in [1.807, 2.05) is 30.1 Å². The summed E-state index contributed by atoms with van der Waals surface area (Å²) in [4.78, 5) is 23.1. The van der Waals surface area contributed by atoms with Crippen LogP contribution in [0.3, 0.4) is 0 Å². The van der Waals surface area contributed by atoms with Gasteiger partial charge in [0, 0.05) is 28.6 Å². The number of anilines is 1. The lowest BCUT2D eigenvalue weighted by molar-refractivity contribution is -0.274. The second kappa shape index (κ2) is 14.4. The standard InChI is InChI=1S/C33H31F5N6O2S/c1-4-5-22-7-6-20(2)18-27(22)44-21(3)16-17-47-32(44)41-31(45)40-29(35)28(34)23-8-10-24(11-9-23)30-39-19-43(42-30)25-12-14-26(15-13-25)46-33(36,37)38/h6-15,18-19,21H,4-5,16-17H2,1-3H3,(H,40,45)/b29-28-,41-32?. The number of nitrogens with one attached hydrogen (secondary N) is 1. The molecule has 3 aromatic carbocycles. The maximum absolute atomic E-state index is 15.1. The minimum Gasteiger partial charge on any atom is -0.406 e. The average molecular weight is 671 g/mol. The van der Waals surface area contributed by atoms with Crippen LogP contribution in [0.2, 0.25) is 0 Å². The number of hydrogen-bond acceptors (Lipinski definition) is 5. The van der Waals surface area contributed by atoms with E-state index in [1.165, 1.54) is 59.2 Å². The molecule has 0 aliphatic carbocycles. The highest BCUT2D eigenvalue weighted by atomic mass is 32.2. The number of urea groups is 1. The van der Waals surface area contributed by atoms with Crippen LogP contribution in [0.25, 0.3) is 22.9 Å². The number of benzene rings is 3. The van der Waals surface area contributed by atoms with E-state index in [0.29, 0.717) is 16.4 Å². The molecule has 4 aromatic rings. The molecule has 1 atom stereocenters. The molecular weight excluding hydrogens is 639 g/mol. The number of aromatic nitrogens is 3. The monoisotopic (exact) mass is 670 g/mol. The highest BCUT2D eigenvalue weighted by molar-refractivity contribution is 8.14. The van der Waals surface area contributed by atoms with E-state index in [2.05, 4.69) is 38.9 Å². The lowest BCUT2D eigenvalue weighted by atomic mass is 10.0. The molecule has 2 amide bonds. The summed E-state index contributed by atoms with van der Waals surface area (Å²) in [5, 5.41) is 6.63. The zero-order valence-corrected chi connectivity index (χ0v) is 26.5. The third-order valence-corrected chi connectivity index (χ3v) is 8.25. The molecule has 1 saturated heterocycles. The number of thioether (sulfide) groups is 1. The van der Waals surface area contributed by atoms with Crippen molar-refractivity contribution in [3.63, 3.8) is 0 Å². The molecule has 0 radical (unpaired) electrons. The number of halogens is 5. The Morgan fingerprint density at radius 3 is 2.49 bits per heavy atom. The van der Waals surface area contributed by atoms with E-state index in [4.69, 9.17) is 0 Å². The molecule has 8 nitrogen and oxygen atoms in total. The molecule has 0 spiro atoms. The maximum atomic E-state index is 15.1. The van der Waals surface area contributed by atoms with E-state index < -0.39 is 24.2 Å². The first kappa shape index (κ1) is 33.6. The fourth-order valence-corrected chi connectivity index (χ4v) is 6.20. The molecule has 1 N–H and O–H groups in total. The SMILES string of the molecule is CCCc1ccc(C)cc1N1C(=NC(=O)N/C(F)=C(\F)c2ccc(-c3ncn(-c4ccc(OC(F)(F)F)cc4)n3)cc2)SCCC1C. The summed E-state index contributed by atoms with van der Waals surface area (Å²) in [6.07, 6.45) is -0.791. The Labute approximate surface area is 272 Å². The van der Waals surface area contributed by atoms with Crippen molar-refractivity contribution in [1.29, 1.82) is 0 Å². The Hall–Kier alpha value is -4.72. The van der Waals surface area contributed by atoms with Crippen molar-refractivity contribution in [3.05, 3.63) is 95.7 Å². The molecule has 14 heteroatoms. The fourth-order valence-electron chi connectivity index (χ4n) is 4.99. The largest absolute Gasteiger partial charge is 0.573 e. The zero-order chi connectivity index (χ0) is 33.7. The van der Waals surface area contributed by atoms with Crippen LogP contribution in [0.4, 0.5) is 32.4 Å². The molecular formula is C33H31F5N6O2S. The van der Waals surface area contributed by atoms with E-state index in [9.17, 15) is 22.4 Å². The Kier molecular flexibility index (Phi) is 10.3. The number of ether oxygens (including phenoxy) is 1. The zero-order valence-electron chi connectivity index (χ0n) is 25.7. The fraction of sp³-hybridized carbons (Fsp3) is 0.273. The number of aliphatic imine (C=N–C) groups is 1. The van der Waals surface area contributed by atoms with Gasteiger partial charge >= 0.3 is 12.4 Å². The smallest absolute Gasteiger partial charge is 0.406 e. The Morgan fingerprint density at radius 1 is 1.09 bits per heavy atom. The van der Waals surface area contributed by atoms with Gasteiger partial charge in [-0.3, -0.25) is 5.32 Å². The third kappa shape index (κ3) is 8.36. The molecule has 1 fully saturated rings. The summed E-state index contributed by atoms with van der Waals surface area (Å²) < 4.78 is 72.4. The molecule has 0 bridgehead atoms. The average Bonchev–Trinajstić information content (AvgIpc) is 3.52. The van der Waals surface area contributed by atoms with Crippen molar-refractivity contribution in [3.8, 4) is 22.8 Å². The number of amides is 2. The second-order valence-corrected chi connectivity index (χ2v) is 11.9. The highest BCUT2D eigenvalue weighted by Gasteiger charge is 2.31. The summed E-state index contributed by atoms with van der Waals surface area (Å²) in [6.45, 7) is 6.13. The van der Waals surface area contributed by atoms with Crippen LogP contribution in [-0.2, 0) is 6.42 Å². The van der Waals surface area contributed by atoms with Gasteiger partial charge in [0.05, 0.1) is 5.69 Å². The number of alkyl halides is 3. The predicted octanol–water partition coefficient (Wildman–Crippen LogP) is 8.76. The lowest BCUT2D eigenvalue weighted by Crippen LogP contribution is -2.42. The Bertz CT molecular complexity index is 1790. The number of nitrogens with zero attached hydrogens (tertiary/aromatic N) is 5. The maximum Gasteiger partial charge on any atom is 0.573 e. The second-order valence-electron chi connectivity index (χ2n) is 10.8. The molecule has 1 unspecified atom stereocenters. The van der Waals surface area contributed by atoms with Crippen LogP contribution in [0.15, 0.2) is 84.0 Å². The van der Waals surface area contributed by atoms with Crippen molar-refractivity contribution in [2.45, 2.75) is 52.4 Å². The van der Waals surface area contributed by atoms with Gasteiger partial charge < -0.3 is 9.64 Å². The van der Waals surface area contributed by atoms with E-state index >= 15 is 4.39 Å². The number of hydrogen-bond donors (Lipinski definition) is 1. The van der Waals surface area contributed by atoms with E-state index in [1.54, 1.807) is 0 Å². The van der Waals surface area contributed by atoms with Gasteiger partial charge in [-0.15, -0.1) is 18.3 Å². The summed E-state index contributed by atoms with van der Waals surface area (Å²) >= 11 is 1.39. The molecule has 0 saturated carbocycles. The summed E-state index contributed by atoms with van der Waals surface area (Å²) in [7, 11) is 0. The van der Waals surface area contributed by atoms with Crippen molar-refractivity contribution in [2.75, 3.05) is 10.7 Å². The quantitative estimate of drug-likeness (QED) is 0.149. The van der Waals surface area contributed by atoms with Gasteiger partial charge in [-0.25, -0.2) is 18.9 Å². The van der Waals surface area contributed by atoms with Crippen molar-refractivity contribution < 1.29 is 31.5 Å². The Balaban J connectivity index is 1.29. The topological polar surface area (TPSA) is 84.6 Å². The molecule has 246 valence electrons. The van der Waals surface area contributed by atoms with Gasteiger partial charge in [-0.05, 0) is 68.1 Å². The van der Waals surface area contributed by atoms with Crippen LogP contribution in [0.5, 0.6) is 5.75 Å². The van der Waals surface area contributed by atoms with E-state index in [-0.39, 0.29) is 23.2 Å². The van der Waals surface area contributed by atoms with Gasteiger partial charge in [-0.2, -0.15) is 9.38 Å². The van der Waals surface area contributed by atoms with Crippen LogP contribution in [0.1, 0.15) is 43.4 Å².